The van der Waals surface area contributed by atoms with Crippen molar-refractivity contribution in [1.82, 2.24) is 4.90 Å². The van der Waals surface area contributed by atoms with Crippen molar-refractivity contribution in [1.29, 1.82) is 0 Å². The van der Waals surface area contributed by atoms with Crippen LogP contribution in [0.5, 0.6) is 0 Å². The van der Waals surface area contributed by atoms with Crippen molar-refractivity contribution in [2.24, 2.45) is 5.41 Å². The summed E-state index contributed by atoms with van der Waals surface area (Å²) >= 11 is 0. The van der Waals surface area contributed by atoms with Crippen molar-refractivity contribution >= 4 is 5.91 Å². The summed E-state index contributed by atoms with van der Waals surface area (Å²) in [5.41, 5.74) is 0.300. The second-order valence-corrected chi connectivity index (χ2v) is 5.18. The molecule has 1 amide bonds. The molecular formula is C11H19NO2. The molecule has 0 aromatic rings. The van der Waals surface area contributed by atoms with Gasteiger partial charge in [0.05, 0.1) is 0 Å². The van der Waals surface area contributed by atoms with Crippen molar-refractivity contribution in [3.05, 3.63) is 0 Å². The molecule has 80 valence electrons. The van der Waals surface area contributed by atoms with Gasteiger partial charge in [-0.15, -0.1) is 0 Å². The summed E-state index contributed by atoms with van der Waals surface area (Å²) in [5, 5.41) is 0. The van der Waals surface area contributed by atoms with Crippen molar-refractivity contribution in [2.75, 3.05) is 19.7 Å². The first-order valence-corrected chi connectivity index (χ1v) is 5.49. The number of nitrogens with zero attached hydrogens (tertiary/aromatic N) is 1. The fourth-order valence-corrected chi connectivity index (χ4v) is 2.28. The number of carbonyl (C=O) groups is 1. The summed E-state index contributed by atoms with van der Waals surface area (Å²) in [6.45, 7) is 7.00. The lowest BCUT2D eigenvalue weighted by molar-refractivity contribution is -0.140. The van der Waals surface area contributed by atoms with Gasteiger partial charge in [-0.2, -0.15) is 0 Å². The van der Waals surface area contributed by atoms with Gasteiger partial charge in [0.2, 0.25) is 0 Å². The van der Waals surface area contributed by atoms with Gasteiger partial charge in [0.1, 0.15) is 6.10 Å². The lowest BCUT2D eigenvalue weighted by Gasteiger charge is -2.22. The molecule has 2 aliphatic rings. The Labute approximate surface area is 85.4 Å². The van der Waals surface area contributed by atoms with Crippen LogP contribution in [0.2, 0.25) is 0 Å². The summed E-state index contributed by atoms with van der Waals surface area (Å²) in [6, 6.07) is 0. The predicted molar refractivity (Wildman–Crippen MR) is 54.0 cm³/mol. The molecule has 0 bridgehead atoms. The van der Waals surface area contributed by atoms with Gasteiger partial charge in [0.25, 0.3) is 5.91 Å². The number of rotatable bonds is 1. The molecule has 14 heavy (non-hydrogen) atoms. The van der Waals surface area contributed by atoms with Crippen LogP contribution in [0, 0.1) is 5.41 Å². The third-order valence-electron chi connectivity index (χ3n) is 3.19. The summed E-state index contributed by atoms with van der Waals surface area (Å²) in [7, 11) is 0. The van der Waals surface area contributed by atoms with Gasteiger partial charge in [-0.1, -0.05) is 13.8 Å². The van der Waals surface area contributed by atoms with E-state index in [1.807, 2.05) is 4.90 Å². The van der Waals surface area contributed by atoms with Crippen LogP contribution in [0.15, 0.2) is 0 Å². The van der Waals surface area contributed by atoms with Gasteiger partial charge in [-0.3, -0.25) is 4.79 Å². The van der Waals surface area contributed by atoms with Crippen LogP contribution >= 0.6 is 0 Å². The Morgan fingerprint density at radius 2 is 2.29 bits per heavy atom. The highest BCUT2D eigenvalue weighted by molar-refractivity contribution is 5.81. The minimum atomic E-state index is -0.135. The molecule has 2 fully saturated rings. The molecule has 0 aromatic heterocycles. The average Bonchev–Trinajstić information content (AvgIpc) is 2.72. The average molecular weight is 197 g/mol. The van der Waals surface area contributed by atoms with Gasteiger partial charge >= 0.3 is 0 Å². The van der Waals surface area contributed by atoms with Crippen molar-refractivity contribution in [3.63, 3.8) is 0 Å². The van der Waals surface area contributed by atoms with Crippen molar-refractivity contribution < 1.29 is 9.53 Å². The van der Waals surface area contributed by atoms with E-state index in [2.05, 4.69) is 13.8 Å². The Bertz CT molecular complexity index is 231. The number of hydrogen-bond donors (Lipinski definition) is 0. The molecule has 0 radical (unpaired) electrons. The Morgan fingerprint density at radius 3 is 2.79 bits per heavy atom. The first-order chi connectivity index (χ1) is 6.58. The predicted octanol–water partition coefficient (Wildman–Crippen LogP) is 1.42. The molecule has 2 rings (SSSR count). The lowest BCUT2D eigenvalue weighted by Crippen LogP contribution is -2.38. The van der Waals surface area contributed by atoms with E-state index in [9.17, 15) is 4.79 Å². The summed E-state index contributed by atoms with van der Waals surface area (Å²) in [6.07, 6.45) is 2.93. The molecule has 2 heterocycles. The maximum absolute atomic E-state index is 11.9. The van der Waals surface area contributed by atoms with Gasteiger partial charge in [-0.25, -0.2) is 0 Å². The normalized spacial score (nSPS) is 31.0. The number of carbonyl (C=O) groups excluding carboxylic acids is 1. The molecule has 0 spiro atoms. The van der Waals surface area contributed by atoms with E-state index in [0.717, 1.165) is 39.0 Å². The lowest BCUT2D eigenvalue weighted by atomic mass is 9.93. The first-order valence-electron chi connectivity index (χ1n) is 5.49. The third-order valence-corrected chi connectivity index (χ3v) is 3.19. The van der Waals surface area contributed by atoms with E-state index >= 15 is 0 Å². The quantitative estimate of drug-likeness (QED) is 0.636. The Balaban J connectivity index is 1.92. The smallest absolute Gasteiger partial charge is 0.251 e. The highest BCUT2D eigenvalue weighted by atomic mass is 16.5. The minimum absolute atomic E-state index is 0.135. The number of ether oxygens (including phenoxy) is 1. The van der Waals surface area contributed by atoms with Gasteiger partial charge in [-0.05, 0) is 24.7 Å². The maximum atomic E-state index is 11.9. The van der Waals surface area contributed by atoms with Gasteiger partial charge < -0.3 is 9.64 Å². The maximum Gasteiger partial charge on any atom is 0.251 e. The molecule has 0 N–H and O–H groups in total. The Morgan fingerprint density at radius 1 is 1.50 bits per heavy atom. The van der Waals surface area contributed by atoms with Crippen LogP contribution in [-0.2, 0) is 9.53 Å². The van der Waals surface area contributed by atoms with E-state index in [-0.39, 0.29) is 12.0 Å². The Kier molecular flexibility index (Phi) is 2.52. The summed E-state index contributed by atoms with van der Waals surface area (Å²) in [4.78, 5) is 13.9. The number of likely N-dealkylation sites (tertiary alicyclic amines) is 1. The second-order valence-electron chi connectivity index (χ2n) is 5.18. The molecule has 0 unspecified atom stereocenters. The SMILES string of the molecule is CC1(C)CCN(C(=O)[C@@H]2CCCO2)C1. The third kappa shape index (κ3) is 1.92. The molecular weight excluding hydrogens is 178 g/mol. The van der Waals surface area contributed by atoms with Crippen LogP contribution in [0.1, 0.15) is 33.1 Å². The molecule has 3 heteroatoms. The van der Waals surface area contributed by atoms with E-state index in [1.54, 1.807) is 0 Å². The molecule has 2 saturated heterocycles. The van der Waals surface area contributed by atoms with E-state index in [1.165, 1.54) is 0 Å². The fraction of sp³-hybridized carbons (Fsp3) is 0.909. The second kappa shape index (κ2) is 3.54. The zero-order valence-electron chi connectivity index (χ0n) is 9.08. The molecule has 0 saturated carbocycles. The van der Waals surface area contributed by atoms with E-state index in [0.29, 0.717) is 5.41 Å². The minimum Gasteiger partial charge on any atom is -0.368 e. The number of hydrogen-bond acceptors (Lipinski definition) is 2. The topological polar surface area (TPSA) is 29.5 Å². The van der Waals surface area contributed by atoms with Crippen LogP contribution in [0.4, 0.5) is 0 Å². The Hall–Kier alpha value is -0.570. The van der Waals surface area contributed by atoms with Crippen LogP contribution in [-0.4, -0.2) is 36.6 Å². The van der Waals surface area contributed by atoms with Gasteiger partial charge in [0.15, 0.2) is 0 Å². The summed E-state index contributed by atoms with van der Waals surface area (Å²) < 4.78 is 5.40. The molecule has 3 nitrogen and oxygen atoms in total. The largest absolute Gasteiger partial charge is 0.368 e. The molecule has 0 aliphatic carbocycles. The monoisotopic (exact) mass is 197 g/mol. The van der Waals surface area contributed by atoms with Crippen molar-refractivity contribution in [3.8, 4) is 0 Å². The molecule has 1 atom stereocenters. The van der Waals surface area contributed by atoms with E-state index < -0.39 is 0 Å². The molecule has 0 aromatic carbocycles. The zero-order chi connectivity index (χ0) is 10.2. The van der Waals surface area contributed by atoms with Crippen LogP contribution < -0.4 is 0 Å². The van der Waals surface area contributed by atoms with Crippen LogP contribution in [0.25, 0.3) is 0 Å². The van der Waals surface area contributed by atoms with Crippen LogP contribution in [0.3, 0.4) is 0 Å². The fourth-order valence-electron chi connectivity index (χ4n) is 2.28. The zero-order valence-corrected chi connectivity index (χ0v) is 9.08. The van der Waals surface area contributed by atoms with E-state index in [4.69, 9.17) is 4.74 Å². The van der Waals surface area contributed by atoms with Crippen molar-refractivity contribution in [2.45, 2.75) is 39.2 Å². The number of amides is 1. The standard InChI is InChI=1S/C11H19NO2/c1-11(2)5-6-12(8-11)10(13)9-4-3-7-14-9/h9H,3-8H2,1-2H3/t9-/m0/s1. The highest BCUT2D eigenvalue weighted by Gasteiger charge is 2.36. The summed E-state index contributed by atoms with van der Waals surface area (Å²) in [5.74, 6) is 0.216. The highest BCUT2D eigenvalue weighted by Crippen LogP contribution is 2.30. The first kappa shape index (κ1) is 9.97. The molecule has 2 aliphatic heterocycles. The van der Waals surface area contributed by atoms with Gasteiger partial charge in [0, 0.05) is 19.7 Å².